The van der Waals surface area contributed by atoms with Crippen LogP contribution in [0.15, 0.2) is 24.3 Å². The molecule has 0 fully saturated rings. The predicted octanol–water partition coefficient (Wildman–Crippen LogP) is 3.23. The smallest absolute Gasteiger partial charge is 0.335 e. The van der Waals surface area contributed by atoms with Gasteiger partial charge in [0.2, 0.25) is 0 Å². The van der Waals surface area contributed by atoms with Crippen LogP contribution in [0.2, 0.25) is 0 Å². The second kappa shape index (κ2) is 4.01. The quantitative estimate of drug-likeness (QED) is 0.831. The molecule has 82 valence electrons. The van der Waals surface area contributed by atoms with Crippen molar-refractivity contribution in [2.24, 2.45) is 5.92 Å². The van der Waals surface area contributed by atoms with Crippen molar-refractivity contribution in [3.05, 3.63) is 35.4 Å². The number of halogens is 1. The highest BCUT2D eigenvalue weighted by Crippen LogP contribution is 2.33. The number of carboxylic acids is 1. The van der Waals surface area contributed by atoms with Gasteiger partial charge in [0.1, 0.15) is 5.67 Å². The van der Waals surface area contributed by atoms with Crippen LogP contribution in [0.3, 0.4) is 0 Å². The van der Waals surface area contributed by atoms with Crippen molar-refractivity contribution in [1.82, 2.24) is 0 Å². The van der Waals surface area contributed by atoms with E-state index in [9.17, 15) is 9.18 Å². The Kier molecular flexibility index (Phi) is 3.12. The maximum atomic E-state index is 14.2. The Morgan fingerprint density at radius 2 is 2.07 bits per heavy atom. The van der Waals surface area contributed by atoms with E-state index in [0.29, 0.717) is 5.56 Å². The van der Waals surface area contributed by atoms with E-state index in [-0.39, 0.29) is 11.5 Å². The van der Waals surface area contributed by atoms with E-state index in [0.717, 1.165) is 0 Å². The SMILES string of the molecule is CC(C)C(C)(F)c1cccc(C(=O)O)c1. The molecule has 1 unspecified atom stereocenters. The molecule has 1 atom stereocenters. The lowest BCUT2D eigenvalue weighted by atomic mass is 9.86. The summed E-state index contributed by atoms with van der Waals surface area (Å²) >= 11 is 0. The minimum absolute atomic E-state index is 0.122. The van der Waals surface area contributed by atoms with Crippen LogP contribution in [0, 0.1) is 5.92 Å². The number of alkyl halides is 1. The third-order valence-corrected chi connectivity index (χ3v) is 2.76. The topological polar surface area (TPSA) is 37.3 Å². The molecule has 15 heavy (non-hydrogen) atoms. The fourth-order valence-electron chi connectivity index (χ4n) is 1.29. The van der Waals surface area contributed by atoms with Gasteiger partial charge in [-0.25, -0.2) is 9.18 Å². The molecular weight excluding hydrogens is 195 g/mol. The van der Waals surface area contributed by atoms with Gasteiger partial charge in [-0.15, -0.1) is 0 Å². The highest BCUT2D eigenvalue weighted by Gasteiger charge is 2.30. The minimum atomic E-state index is -1.49. The maximum absolute atomic E-state index is 14.2. The zero-order valence-corrected chi connectivity index (χ0v) is 9.12. The molecule has 0 bridgehead atoms. The van der Waals surface area contributed by atoms with E-state index in [2.05, 4.69) is 0 Å². The summed E-state index contributed by atoms with van der Waals surface area (Å²) in [5, 5.41) is 8.79. The molecule has 0 aliphatic heterocycles. The Balaban J connectivity index is 3.16. The van der Waals surface area contributed by atoms with Crippen LogP contribution >= 0.6 is 0 Å². The van der Waals surface area contributed by atoms with Crippen LogP contribution < -0.4 is 0 Å². The van der Waals surface area contributed by atoms with Gasteiger partial charge in [0.15, 0.2) is 0 Å². The highest BCUT2D eigenvalue weighted by molar-refractivity contribution is 5.87. The van der Waals surface area contributed by atoms with Crippen molar-refractivity contribution in [3.8, 4) is 0 Å². The molecule has 1 aromatic rings. The molecule has 0 aliphatic rings. The Hall–Kier alpha value is -1.38. The van der Waals surface area contributed by atoms with Gasteiger partial charge in [0.05, 0.1) is 5.56 Å². The summed E-state index contributed by atoms with van der Waals surface area (Å²) in [7, 11) is 0. The molecule has 0 aromatic heterocycles. The summed E-state index contributed by atoms with van der Waals surface area (Å²) in [4.78, 5) is 10.7. The van der Waals surface area contributed by atoms with Gasteiger partial charge in [-0.1, -0.05) is 26.0 Å². The number of benzene rings is 1. The van der Waals surface area contributed by atoms with E-state index in [1.165, 1.54) is 19.1 Å². The number of hydrogen-bond acceptors (Lipinski definition) is 1. The molecule has 0 heterocycles. The molecule has 1 rings (SSSR count). The van der Waals surface area contributed by atoms with Gasteiger partial charge in [-0.2, -0.15) is 0 Å². The van der Waals surface area contributed by atoms with Gasteiger partial charge in [-0.3, -0.25) is 0 Å². The number of carbonyl (C=O) groups is 1. The predicted molar refractivity (Wildman–Crippen MR) is 56.7 cm³/mol. The van der Waals surface area contributed by atoms with Gasteiger partial charge in [0, 0.05) is 0 Å². The molecule has 0 amide bonds. The molecule has 2 nitrogen and oxygen atoms in total. The normalized spacial score (nSPS) is 15.0. The number of aromatic carboxylic acids is 1. The third kappa shape index (κ3) is 2.35. The molecular formula is C12H15FO2. The molecule has 3 heteroatoms. The van der Waals surface area contributed by atoms with Crippen LogP contribution in [0.5, 0.6) is 0 Å². The number of rotatable bonds is 3. The lowest BCUT2D eigenvalue weighted by Gasteiger charge is -2.25. The number of carboxylic acid groups (broad SMARTS) is 1. The first-order valence-electron chi connectivity index (χ1n) is 4.88. The zero-order chi connectivity index (χ0) is 11.6. The van der Waals surface area contributed by atoms with Crippen LogP contribution in [-0.2, 0) is 5.67 Å². The van der Waals surface area contributed by atoms with E-state index in [1.54, 1.807) is 26.0 Å². The molecule has 0 spiro atoms. The van der Waals surface area contributed by atoms with Gasteiger partial charge >= 0.3 is 5.97 Å². The molecule has 0 aliphatic carbocycles. The van der Waals surface area contributed by atoms with Crippen molar-refractivity contribution >= 4 is 5.97 Å². The minimum Gasteiger partial charge on any atom is -0.478 e. The molecule has 0 saturated carbocycles. The molecule has 0 saturated heterocycles. The number of hydrogen-bond donors (Lipinski definition) is 1. The first-order chi connectivity index (χ1) is 6.85. The highest BCUT2D eigenvalue weighted by atomic mass is 19.1. The van der Waals surface area contributed by atoms with Crippen molar-refractivity contribution in [3.63, 3.8) is 0 Å². The molecule has 0 radical (unpaired) electrons. The average Bonchev–Trinajstić information content (AvgIpc) is 2.17. The van der Waals surface area contributed by atoms with E-state index in [1.807, 2.05) is 0 Å². The van der Waals surface area contributed by atoms with Crippen molar-refractivity contribution < 1.29 is 14.3 Å². The van der Waals surface area contributed by atoms with Crippen molar-refractivity contribution in [2.75, 3.05) is 0 Å². The fraction of sp³-hybridized carbons (Fsp3) is 0.417. The zero-order valence-electron chi connectivity index (χ0n) is 9.12. The van der Waals surface area contributed by atoms with Crippen molar-refractivity contribution in [2.45, 2.75) is 26.4 Å². The lowest BCUT2D eigenvalue weighted by molar-refractivity contribution is 0.0696. The third-order valence-electron chi connectivity index (χ3n) is 2.76. The van der Waals surface area contributed by atoms with E-state index >= 15 is 0 Å². The Morgan fingerprint density at radius 3 is 2.53 bits per heavy atom. The lowest BCUT2D eigenvalue weighted by Crippen LogP contribution is -2.22. The Labute approximate surface area is 88.7 Å². The first-order valence-corrected chi connectivity index (χ1v) is 4.88. The second-order valence-corrected chi connectivity index (χ2v) is 4.12. The average molecular weight is 210 g/mol. The van der Waals surface area contributed by atoms with Crippen LogP contribution in [-0.4, -0.2) is 11.1 Å². The van der Waals surface area contributed by atoms with Gasteiger partial charge in [0.25, 0.3) is 0 Å². The summed E-state index contributed by atoms with van der Waals surface area (Å²) < 4.78 is 14.2. The van der Waals surface area contributed by atoms with Crippen molar-refractivity contribution in [1.29, 1.82) is 0 Å². The molecule has 1 aromatic carbocycles. The summed E-state index contributed by atoms with van der Waals surface area (Å²) in [6.07, 6.45) is 0. The standard InChI is InChI=1S/C12H15FO2/c1-8(2)12(3,13)10-6-4-5-9(7-10)11(14)15/h4-8H,1-3H3,(H,14,15). The summed E-state index contributed by atoms with van der Waals surface area (Å²) in [6.45, 7) is 5.01. The summed E-state index contributed by atoms with van der Waals surface area (Å²) in [5.74, 6) is -1.22. The summed E-state index contributed by atoms with van der Waals surface area (Å²) in [5.41, 5.74) is -0.958. The van der Waals surface area contributed by atoms with Gasteiger partial charge < -0.3 is 5.11 Å². The fourth-order valence-corrected chi connectivity index (χ4v) is 1.29. The Bertz CT molecular complexity index is 370. The van der Waals surface area contributed by atoms with Gasteiger partial charge in [-0.05, 0) is 30.5 Å². The van der Waals surface area contributed by atoms with E-state index in [4.69, 9.17) is 5.11 Å². The Morgan fingerprint density at radius 1 is 1.47 bits per heavy atom. The van der Waals surface area contributed by atoms with Crippen LogP contribution in [0.25, 0.3) is 0 Å². The van der Waals surface area contributed by atoms with E-state index < -0.39 is 11.6 Å². The largest absolute Gasteiger partial charge is 0.478 e. The molecule has 1 N–H and O–H groups in total. The van der Waals surface area contributed by atoms with Crippen LogP contribution in [0.4, 0.5) is 4.39 Å². The summed E-state index contributed by atoms with van der Waals surface area (Å²) in [6, 6.07) is 6.04. The monoisotopic (exact) mass is 210 g/mol. The second-order valence-electron chi connectivity index (χ2n) is 4.12. The first kappa shape index (κ1) is 11.7. The van der Waals surface area contributed by atoms with Crippen LogP contribution in [0.1, 0.15) is 36.7 Å². The maximum Gasteiger partial charge on any atom is 0.335 e.